The van der Waals surface area contributed by atoms with Crippen LogP contribution in [0.3, 0.4) is 0 Å². The number of nitrogens with zero attached hydrogens (tertiary/aromatic N) is 1. The highest BCUT2D eigenvalue weighted by Crippen LogP contribution is 2.23. The molecule has 1 amide bonds. The van der Waals surface area contributed by atoms with Gasteiger partial charge in [-0.25, -0.2) is 0 Å². The first kappa shape index (κ1) is 18.1. The summed E-state index contributed by atoms with van der Waals surface area (Å²) in [5.41, 5.74) is 2.39. The molecule has 1 N–H and O–H groups in total. The fraction of sp³-hybridized carbons (Fsp3) is 0.158. The number of ether oxygens (including phenoxy) is 1. The molecule has 0 aromatic heterocycles. The summed E-state index contributed by atoms with van der Waals surface area (Å²) < 4.78 is 29.3. The van der Waals surface area contributed by atoms with Crippen LogP contribution in [-0.4, -0.2) is 12.5 Å². The average Bonchev–Trinajstić information content (AvgIpc) is 2.56. The molecule has 128 valence electrons. The van der Waals surface area contributed by atoms with E-state index in [1.54, 1.807) is 18.2 Å². The third-order valence-electron chi connectivity index (χ3n) is 3.44. The van der Waals surface area contributed by atoms with Crippen molar-refractivity contribution in [1.82, 2.24) is 0 Å². The van der Waals surface area contributed by atoms with E-state index in [2.05, 4.69) is 10.1 Å². The SMILES string of the molecule is Cc1ccc(C)c(NC(=O)/C(C#N)=C/c2ccccc2OC(F)F)c1. The number of nitrogens with one attached hydrogen (secondary N) is 1. The van der Waals surface area contributed by atoms with Gasteiger partial charge >= 0.3 is 6.61 Å². The lowest BCUT2D eigenvalue weighted by Crippen LogP contribution is -2.14. The number of benzene rings is 2. The van der Waals surface area contributed by atoms with E-state index in [1.165, 1.54) is 24.3 Å². The quantitative estimate of drug-likeness (QED) is 0.645. The molecule has 0 atom stereocenters. The van der Waals surface area contributed by atoms with Crippen molar-refractivity contribution in [2.75, 3.05) is 5.32 Å². The zero-order valence-corrected chi connectivity index (χ0v) is 13.7. The minimum absolute atomic E-state index is 0.107. The maximum Gasteiger partial charge on any atom is 0.387 e. The fourth-order valence-corrected chi connectivity index (χ4v) is 2.17. The van der Waals surface area contributed by atoms with Crippen molar-refractivity contribution in [1.29, 1.82) is 5.26 Å². The molecule has 0 aliphatic heterocycles. The Morgan fingerprint density at radius 1 is 1.24 bits per heavy atom. The Morgan fingerprint density at radius 3 is 2.64 bits per heavy atom. The van der Waals surface area contributed by atoms with E-state index in [0.29, 0.717) is 5.69 Å². The highest BCUT2D eigenvalue weighted by Gasteiger charge is 2.14. The molecule has 2 aromatic carbocycles. The monoisotopic (exact) mass is 342 g/mol. The Balaban J connectivity index is 2.30. The molecular formula is C19H16F2N2O2. The summed E-state index contributed by atoms with van der Waals surface area (Å²) >= 11 is 0. The molecule has 0 saturated carbocycles. The van der Waals surface area contributed by atoms with Crippen LogP contribution in [0.15, 0.2) is 48.0 Å². The average molecular weight is 342 g/mol. The lowest BCUT2D eigenvalue weighted by Gasteiger charge is -2.10. The Labute approximate surface area is 144 Å². The largest absolute Gasteiger partial charge is 0.434 e. The number of nitriles is 1. The highest BCUT2D eigenvalue weighted by atomic mass is 19.3. The van der Waals surface area contributed by atoms with Crippen LogP contribution < -0.4 is 10.1 Å². The molecule has 0 unspecified atom stereocenters. The first-order chi connectivity index (χ1) is 11.9. The van der Waals surface area contributed by atoms with E-state index in [4.69, 9.17) is 0 Å². The number of hydrogen-bond acceptors (Lipinski definition) is 3. The van der Waals surface area contributed by atoms with Gasteiger partial charge in [-0.1, -0.05) is 30.3 Å². The molecule has 0 bridgehead atoms. The Bertz CT molecular complexity index is 855. The summed E-state index contributed by atoms with van der Waals surface area (Å²) in [5.74, 6) is -0.729. The number of hydrogen-bond donors (Lipinski definition) is 1. The number of aryl methyl sites for hydroxylation is 2. The smallest absolute Gasteiger partial charge is 0.387 e. The van der Waals surface area contributed by atoms with E-state index in [9.17, 15) is 18.8 Å². The fourth-order valence-electron chi connectivity index (χ4n) is 2.17. The number of rotatable bonds is 5. The second-order valence-electron chi connectivity index (χ2n) is 5.36. The van der Waals surface area contributed by atoms with Crippen LogP contribution in [0.1, 0.15) is 16.7 Å². The summed E-state index contributed by atoms with van der Waals surface area (Å²) in [6.45, 7) is 0.717. The summed E-state index contributed by atoms with van der Waals surface area (Å²) in [6, 6.07) is 13.3. The second-order valence-corrected chi connectivity index (χ2v) is 5.36. The second kappa shape index (κ2) is 8.06. The number of amides is 1. The van der Waals surface area contributed by atoms with E-state index in [-0.39, 0.29) is 16.9 Å². The molecule has 0 saturated heterocycles. The van der Waals surface area contributed by atoms with Crippen LogP contribution in [0.5, 0.6) is 5.75 Å². The number of para-hydroxylation sites is 1. The van der Waals surface area contributed by atoms with E-state index >= 15 is 0 Å². The molecule has 2 rings (SSSR count). The molecule has 0 aliphatic rings. The van der Waals surface area contributed by atoms with Gasteiger partial charge in [0.2, 0.25) is 0 Å². The maximum atomic E-state index is 12.5. The standard InChI is InChI=1S/C19H16F2N2O2/c1-12-7-8-13(2)16(9-12)23-18(24)15(11-22)10-14-5-3-4-6-17(14)25-19(20)21/h3-10,19H,1-2H3,(H,23,24)/b15-10+. The van der Waals surface area contributed by atoms with E-state index in [1.807, 2.05) is 26.0 Å². The summed E-state index contributed by atoms with van der Waals surface area (Å²) in [7, 11) is 0. The molecule has 4 nitrogen and oxygen atoms in total. The van der Waals surface area contributed by atoms with Crippen LogP contribution in [0.4, 0.5) is 14.5 Å². The van der Waals surface area contributed by atoms with Crippen molar-refractivity contribution in [3.63, 3.8) is 0 Å². The Hall–Kier alpha value is -3.20. The number of anilines is 1. The van der Waals surface area contributed by atoms with E-state index in [0.717, 1.165) is 11.1 Å². The number of carbonyl (C=O) groups excluding carboxylic acids is 1. The molecule has 2 aromatic rings. The predicted molar refractivity (Wildman–Crippen MR) is 91.2 cm³/mol. The zero-order chi connectivity index (χ0) is 18.4. The Kier molecular flexibility index (Phi) is 5.85. The van der Waals surface area contributed by atoms with Gasteiger partial charge in [0.15, 0.2) is 0 Å². The van der Waals surface area contributed by atoms with Gasteiger partial charge in [0.25, 0.3) is 5.91 Å². The predicted octanol–water partition coefficient (Wildman–Crippen LogP) is 4.45. The van der Waals surface area contributed by atoms with Crippen molar-refractivity contribution < 1.29 is 18.3 Å². The van der Waals surface area contributed by atoms with Crippen molar-refractivity contribution in [3.8, 4) is 11.8 Å². The van der Waals surface area contributed by atoms with Crippen molar-refractivity contribution in [2.45, 2.75) is 20.5 Å². The van der Waals surface area contributed by atoms with Gasteiger partial charge in [0.1, 0.15) is 17.4 Å². The van der Waals surface area contributed by atoms with Crippen molar-refractivity contribution in [2.24, 2.45) is 0 Å². The molecule has 0 fully saturated rings. The number of carbonyl (C=O) groups is 1. The molecule has 25 heavy (non-hydrogen) atoms. The zero-order valence-electron chi connectivity index (χ0n) is 13.7. The molecule has 0 heterocycles. The van der Waals surface area contributed by atoms with Crippen LogP contribution in [-0.2, 0) is 4.79 Å². The van der Waals surface area contributed by atoms with Gasteiger partial charge in [-0.15, -0.1) is 0 Å². The summed E-state index contributed by atoms with van der Waals surface area (Å²) in [6.07, 6.45) is 1.22. The lowest BCUT2D eigenvalue weighted by molar-refractivity contribution is -0.112. The highest BCUT2D eigenvalue weighted by molar-refractivity contribution is 6.10. The third kappa shape index (κ3) is 4.88. The van der Waals surface area contributed by atoms with E-state index < -0.39 is 12.5 Å². The first-order valence-corrected chi connectivity index (χ1v) is 7.45. The van der Waals surface area contributed by atoms with Crippen molar-refractivity contribution >= 4 is 17.7 Å². The van der Waals surface area contributed by atoms with Gasteiger partial charge < -0.3 is 10.1 Å². The lowest BCUT2D eigenvalue weighted by atomic mass is 10.1. The normalized spacial score (nSPS) is 11.1. The molecule has 0 radical (unpaired) electrons. The van der Waals surface area contributed by atoms with Gasteiger partial charge in [0, 0.05) is 11.3 Å². The van der Waals surface area contributed by atoms with Crippen LogP contribution in [0.2, 0.25) is 0 Å². The van der Waals surface area contributed by atoms with Gasteiger partial charge in [-0.2, -0.15) is 14.0 Å². The van der Waals surface area contributed by atoms with Gasteiger partial charge in [-0.3, -0.25) is 4.79 Å². The summed E-state index contributed by atoms with van der Waals surface area (Å²) in [4.78, 5) is 12.4. The molecule has 6 heteroatoms. The summed E-state index contributed by atoms with van der Waals surface area (Å²) in [5, 5.41) is 11.9. The minimum atomic E-state index is -3.00. The Morgan fingerprint density at radius 2 is 1.96 bits per heavy atom. The maximum absolute atomic E-state index is 12.5. The third-order valence-corrected chi connectivity index (χ3v) is 3.44. The topological polar surface area (TPSA) is 62.1 Å². The van der Waals surface area contributed by atoms with Crippen LogP contribution >= 0.6 is 0 Å². The van der Waals surface area contributed by atoms with Crippen LogP contribution in [0.25, 0.3) is 6.08 Å². The number of alkyl halides is 2. The first-order valence-electron chi connectivity index (χ1n) is 7.45. The molecular weight excluding hydrogens is 326 g/mol. The number of halogens is 2. The molecule has 0 aliphatic carbocycles. The molecule has 0 spiro atoms. The van der Waals surface area contributed by atoms with Gasteiger partial charge in [-0.05, 0) is 43.2 Å². The van der Waals surface area contributed by atoms with Crippen molar-refractivity contribution in [3.05, 3.63) is 64.7 Å². The van der Waals surface area contributed by atoms with Crippen LogP contribution in [0, 0.1) is 25.2 Å². The van der Waals surface area contributed by atoms with Gasteiger partial charge in [0.05, 0.1) is 0 Å². The minimum Gasteiger partial charge on any atom is -0.434 e.